The number of hydrogen-bond acceptors (Lipinski definition) is 3. The van der Waals surface area contributed by atoms with Crippen LogP contribution in [-0.4, -0.2) is 23.0 Å². The Balaban J connectivity index is 2.15. The number of pyridine rings is 1. The van der Waals surface area contributed by atoms with Crippen molar-refractivity contribution in [3.8, 4) is 0 Å². The Morgan fingerprint density at radius 2 is 2.16 bits per heavy atom. The summed E-state index contributed by atoms with van der Waals surface area (Å²) in [4.78, 5) is 16.5. The zero-order valence-electron chi connectivity index (χ0n) is 11.4. The average molecular weight is 282 g/mol. The molecular formula is C14H20ClN3O. The minimum absolute atomic E-state index is 0.0952. The van der Waals surface area contributed by atoms with E-state index in [1.807, 2.05) is 6.92 Å². The summed E-state index contributed by atoms with van der Waals surface area (Å²) in [6, 6.07) is 1.71. The van der Waals surface area contributed by atoms with Crippen LogP contribution < -0.4 is 10.6 Å². The second-order valence-electron chi connectivity index (χ2n) is 5.30. The van der Waals surface area contributed by atoms with Gasteiger partial charge in [0, 0.05) is 18.3 Å². The zero-order valence-corrected chi connectivity index (χ0v) is 12.2. The molecule has 2 rings (SSSR count). The predicted molar refractivity (Wildman–Crippen MR) is 77.7 cm³/mol. The van der Waals surface area contributed by atoms with Gasteiger partial charge in [0.2, 0.25) is 0 Å². The van der Waals surface area contributed by atoms with Crippen LogP contribution in [0.2, 0.25) is 5.02 Å². The first kappa shape index (κ1) is 14.1. The van der Waals surface area contributed by atoms with Crippen molar-refractivity contribution in [3.63, 3.8) is 0 Å². The quantitative estimate of drug-likeness (QED) is 0.891. The summed E-state index contributed by atoms with van der Waals surface area (Å²) < 4.78 is 0. The van der Waals surface area contributed by atoms with Gasteiger partial charge in [-0.3, -0.25) is 4.79 Å². The maximum Gasteiger partial charge on any atom is 0.253 e. The van der Waals surface area contributed by atoms with Crippen LogP contribution in [0.15, 0.2) is 12.3 Å². The van der Waals surface area contributed by atoms with E-state index in [-0.39, 0.29) is 11.4 Å². The van der Waals surface area contributed by atoms with Gasteiger partial charge in [-0.2, -0.15) is 0 Å². The normalized spacial score (nSPS) is 17.2. The highest BCUT2D eigenvalue weighted by molar-refractivity contribution is 6.33. The average Bonchev–Trinajstić information content (AvgIpc) is 2.78. The van der Waals surface area contributed by atoms with E-state index in [9.17, 15) is 4.79 Å². The van der Waals surface area contributed by atoms with Crippen LogP contribution in [-0.2, 0) is 0 Å². The molecule has 19 heavy (non-hydrogen) atoms. The van der Waals surface area contributed by atoms with Gasteiger partial charge in [0.05, 0.1) is 10.6 Å². The molecule has 0 radical (unpaired) electrons. The van der Waals surface area contributed by atoms with Crippen LogP contribution in [0.3, 0.4) is 0 Å². The molecule has 0 atom stereocenters. The number of amides is 1. The fourth-order valence-corrected chi connectivity index (χ4v) is 2.70. The fraction of sp³-hybridized carbons (Fsp3) is 0.571. The number of carbonyl (C=O) groups excluding carboxylic acids is 1. The molecule has 104 valence electrons. The molecule has 1 aromatic heterocycles. The number of anilines is 1. The molecule has 0 saturated heterocycles. The summed E-state index contributed by atoms with van der Waals surface area (Å²) in [6.07, 6.45) is 5.92. The summed E-state index contributed by atoms with van der Waals surface area (Å²) >= 11 is 6.07. The van der Waals surface area contributed by atoms with Crippen molar-refractivity contribution < 1.29 is 4.79 Å². The Morgan fingerprint density at radius 1 is 1.47 bits per heavy atom. The number of hydrogen-bond donors (Lipinski definition) is 2. The van der Waals surface area contributed by atoms with E-state index in [1.165, 1.54) is 19.0 Å². The van der Waals surface area contributed by atoms with E-state index in [0.717, 1.165) is 19.4 Å². The maximum atomic E-state index is 12.3. The third kappa shape index (κ3) is 3.38. The van der Waals surface area contributed by atoms with Crippen LogP contribution in [0, 0.1) is 0 Å². The van der Waals surface area contributed by atoms with Crippen LogP contribution in [0.4, 0.5) is 5.82 Å². The second-order valence-corrected chi connectivity index (χ2v) is 5.71. The van der Waals surface area contributed by atoms with Gasteiger partial charge in [0.25, 0.3) is 5.91 Å². The Morgan fingerprint density at radius 3 is 2.79 bits per heavy atom. The summed E-state index contributed by atoms with van der Waals surface area (Å²) in [5.74, 6) is 0.560. The Hall–Kier alpha value is -1.29. The van der Waals surface area contributed by atoms with Crippen molar-refractivity contribution >= 4 is 23.3 Å². The van der Waals surface area contributed by atoms with Crippen molar-refractivity contribution in [2.24, 2.45) is 0 Å². The molecule has 5 heteroatoms. The first-order valence-electron chi connectivity index (χ1n) is 6.76. The SMILES string of the molecule is CCNc1cc(C(=O)NC2(C)CCCC2)c(Cl)cn1. The first-order chi connectivity index (χ1) is 9.04. The summed E-state index contributed by atoms with van der Waals surface area (Å²) in [5, 5.41) is 6.58. The molecule has 0 aromatic carbocycles. The fourth-order valence-electron chi connectivity index (χ4n) is 2.51. The molecule has 1 amide bonds. The van der Waals surface area contributed by atoms with Gasteiger partial charge in [-0.15, -0.1) is 0 Å². The standard InChI is InChI=1S/C14H20ClN3O/c1-3-16-12-8-10(11(15)9-17-12)13(19)18-14(2)6-4-5-7-14/h8-9H,3-7H2,1-2H3,(H,16,17)(H,18,19). The zero-order chi connectivity index (χ0) is 13.9. The van der Waals surface area contributed by atoms with Gasteiger partial charge in [0.15, 0.2) is 0 Å². The monoisotopic (exact) mass is 281 g/mol. The van der Waals surface area contributed by atoms with Crippen LogP contribution >= 0.6 is 11.6 Å². The van der Waals surface area contributed by atoms with Gasteiger partial charge < -0.3 is 10.6 Å². The highest BCUT2D eigenvalue weighted by atomic mass is 35.5. The lowest BCUT2D eigenvalue weighted by Crippen LogP contribution is -2.43. The van der Waals surface area contributed by atoms with Crippen molar-refractivity contribution in [1.29, 1.82) is 0 Å². The number of nitrogens with zero attached hydrogens (tertiary/aromatic N) is 1. The van der Waals surface area contributed by atoms with E-state index in [2.05, 4.69) is 22.5 Å². The number of aromatic nitrogens is 1. The Kier molecular flexibility index (Phi) is 4.30. The Bertz CT molecular complexity index is 470. The first-order valence-corrected chi connectivity index (χ1v) is 7.14. The topological polar surface area (TPSA) is 54.0 Å². The molecule has 1 aliphatic carbocycles. The van der Waals surface area contributed by atoms with Crippen LogP contribution in [0.1, 0.15) is 49.9 Å². The molecule has 1 saturated carbocycles. The minimum atomic E-state index is -0.115. The summed E-state index contributed by atoms with van der Waals surface area (Å²) in [6.45, 7) is 4.83. The lowest BCUT2D eigenvalue weighted by molar-refractivity contribution is 0.0908. The Labute approximate surface area is 118 Å². The molecule has 0 aliphatic heterocycles. The minimum Gasteiger partial charge on any atom is -0.370 e. The van der Waals surface area contributed by atoms with Crippen molar-refractivity contribution in [2.45, 2.75) is 45.1 Å². The van der Waals surface area contributed by atoms with Gasteiger partial charge >= 0.3 is 0 Å². The predicted octanol–water partition coefficient (Wildman–Crippen LogP) is 3.23. The van der Waals surface area contributed by atoms with Crippen LogP contribution in [0.5, 0.6) is 0 Å². The van der Waals surface area contributed by atoms with Crippen LogP contribution in [0.25, 0.3) is 0 Å². The van der Waals surface area contributed by atoms with E-state index >= 15 is 0 Å². The largest absolute Gasteiger partial charge is 0.370 e. The van der Waals surface area contributed by atoms with E-state index in [1.54, 1.807) is 6.07 Å². The van der Waals surface area contributed by atoms with E-state index < -0.39 is 0 Å². The molecule has 1 aromatic rings. The smallest absolute Gasteiger partial charge is 0.253 e. The third-order valence-electron chi connectivity index (χ3n) is 3.58. The molecule has 0 bridgehead atoms. The lowest BCUT2D eigenvalue weighted by Gasteiger charge is -2.25. The maximum absolute atomic E-state index is 12.3. The van der Waals surface area contributed by atoms with Gasteiger partial charge in [-0.25, -0.2) is 4.98 Å². The number of halogens is 1. The third-order valence-corrected chi connectivity index (χ3v) is 3.88. The lowest BCUT2D eigenvalue weighted by atomic mass is 10.00. The highest BCUT2D eigenvalue weighted by Gasteiger charge is 2.31. The molecule has 4 nitrogen and oxygen atoms in total. The molecule has 1 fully saturated rings. The summed E-state index contributed by atoms with van der Waals surface area (Å²) in [5.41, 5.74) is 0.392. The molecule has 2 N–H and O–H groups in total. The van der Waals surface area contributed by atoms with Crippen molar-refractivity contribution in [1.82, 2.24) is 10.3 Å². The molecule has 1 aliphatic rings. The summed E-state index contributed by atoms with van der Waals surface area (Å²) in [7, 11) is 0. The van der Waals surface area contributed by atoms with Gasteiger partial charge in [0.1, 0.15) is 5.82 Å². The van der Waals surface area contributed by atoms with Crippen molar-refractivity contribution in [2.75, 3.05) is 11.9 Å². The second kappa shape index (κ2) is 5.78. The number of nitrogens with one attached hydrogen (secondary N) is 2. The van der Waals surface area contributed by atoms with Crippen molar-refractivity contribution in [3.05, 3.63) is 22.8 Å². The molecular weight excluding hydrogens is 262 g/mol. The van der Waals surface area contributed by atoms with Gasteiger partial charge in [-0.1, -0.05) is 24.4 Å². The molecule has 0 spiro atoms. The number of rotatable bonds is 4. The van der Waals surface area contributed by atoms with E-state index in [0.29, 0.717) is 16.4 Å². The number of carbonyl (C=O) groups is 1. The molecule has 1 heterocycles. The highest BCUT2D eigenvalue weighted by Crippen LogP contribution is 2.29. The molecule has 0 unspecified atom stereocenters. The van der Waals surface area contributed by atoms with E-state index in [4.69, 9.17) is 11.6 Å². The van der Waals surface area contributed by atoms with Gasteiger partial charge in [-0.05, 0) is 32.8 Å².